The molecular formula is C15H9F2NOS. The summed E-state index contributed by atoms with van der Waals surface area (Å²) in [6.07, 6.45) is 0. The zero-order chi connectivity index (χ0) is 14.1. The summed E-state index contributed by atoms with van der Waals surface area (Å²) in [5, 5.41) is 0. The van der Waals surface area contributed by atoms with Gasteiger partial charge in [0, 0.05) is 5.56 Å². The lowest BCUT2D eigenvalue weighted by Crippen LogP contribution is -1.88. The minimum Gasteiger partial charge on any atom is -0.429 e. The quantitative estimate of drug-likeness (QED) is 0.676. The third-order valence-electron chi connectivity index (χ3n) is 2.91. The fraction of sp³-hybridized carbons (Fsp3) is 0. The number of benzene rings is 2. The standard InChI is InChI=1S/C15H9F2NOS/c16-11-7-3-1-5-9(11)13-14(19-15(20)18-13)10-6-2-4-8-12(10)17/h1-8H,(H,18,20). The average molecular weight is 289 g/mol. The lowest BCUT2D eigenvalue weighted by atomic mass is 10.1. The maximum absolute atomic E-state index is 13.9. The van der Waals surface area contributed by atoms with E-state index in [1.54, 1.807) is 36.4 Å². The Labute approximate surface area is 118 Å². The second kappa shape index (κ2) is 5.02. The van der Waals surface area contributed by atoms with Gasteiger partial charge in [-0.2, -0.15) is 0 Å². The van der Waals surface area contributed by atoms with Gasteiger partial charge < -0.3 is 9.40 Å². The zero-order valence-electron chi connectivity index (χ0n) is 10.2. The van der Waals surface area contributed by atoms with Crippen molar-refractivity contribution < 1.29 is 13.2 Å². The van der Waals surface area contributed by atoms with Crippen LogP contribution in [0.5, 0.6) is 0 Å². The van der Waals surface area contributed by atoms with Crippen molar-refractivity contribution in [2.45, 2.75) is 0 Å². The van der Waals surface area contributed by atoms with Crippen LogP contribution in [0.15, 0.2) is 52.9 Å². The molecule has 1 N–H and O–H groups in total. The molecule has 0 aliphatic rings. The summed E-state index contributed by atoms with van der Waals surface area (Å²) in [7, 11) is 0. The summed E-state index contributed by atoms with van der Waals surface area (Å²) in [6, 6.07) is 12.3. The van der Waals surface area contributed by atoms with E-state index in [2.05, 4.69) is 4.98 Å². The zero-order valence-corrected chi connectivity index (χ0v) is 11.0. The highest BCUT2D eigenvalue weighted by atomic mass is 32.1. The predicted molar refractivity (Wildman–Crippen MR) is 74.7 cm³/mol. The summed E-state index contributed by atoms with van der Waals surface area (Å²) in [5.41, 5.74) is 0.849. The van der Waals surface area contributed by atoms with Gasteiger partial charge in [0.15, 0.2) is 5.76 Å². The second-order valence-corrected chi connectivity index (χ2v) is 4.55. The molecule has 1 heterocycles. The molecule has 0 radical (unpaired) electrons. The SMILES string of the molecule is Fc1ccccc1-c1[nH]c(=S)oc1-c1ccccc1F. The summed E-state index contributed by atoms with van der Waals surface area (Å²) in [5.74, 6) is -0.696. The largest absolute Gasteiger partial charge is 0.429 e. The van der Waals surface area contributed by atoms with Gasteiger partial charge in [-0.05, 0) is 36.5 Å². The molecule has 0 spiro atoms. The minimum absolute atomic E-state index is 0.0708. The van der Waals surface area contributed by atoms with E-state index < -0.39 is 11.6 Å². The number of aromatic nitrogens is 1. The van der Waals surface area contributed by atoms with Crippen molar-refractivity contribution in [3.63, 3.8) is 0 Å². The maximum Gasteiger partial charge on any atom is 0.266 e. The number of aromatic amines is 1. The van der Waals surface area contributed by atoms with E-state index in [0.29, 0.717) is 5.69 Å². The van der Waals surface area contributed by atoms with Crippen LogP contribution in [0.4, 0.5) is 8.78 Å². The maximum atomic E-state index is 13.9. The normalized spacial score (nSPS) is 10.7. The first-order valence-electron chi connectivity index (χ1n) is 5.90. The molecule has 3 rings (SSSR count). The summed E-state index contributed by atoms with van der Waals surface area (Å²) < 4.78 is 33.1. The van der Waals surface area contributed by atoms with Crippen LogP contribution in [-0.2, 0) is 0 Å². The van der Waals surface area contributed by atoms with Crippen LogP contribution >= 0.6 is 12.2 Å². The Morgan fingerprint density at radius 1 is 0.850 bits per heavy atom. The molecule has 0 aliphatic heterocycles. The van der Waals surface area contributed by atoms with Crippen molar-refractivity contribution >= 4 is 12.2 Å². The summed E-state index contributed by atoms with van der Waals surface area (Å²) in [4.78, 5) is 2.84. The van der Waals surface area contributed by atoms with Crippen molar-refractivity contribution in [1.29, 1.82) is 0 Å². The monoisotopic (exact) mass is 289 g/mol. The number of nitrogens with one attached hydrogen (secondary N) is 1. The molecule has 3 aromatic rings. The van der Waals surface area contributed by atoms with E-state index in [9.17, 15) is 8.78 Å². The van der Waals surface area contributed by atoms with E-state index in [1.807, 2.05) is 0 Å². The first kappa shape index (κ1) is 12.7. The van der Waals surface area contributed by atoms with Gasteiger partial charge in [-0.25, -0.2) is 8.78 Å². The number of oxazole rings is 1. The molecule has 0 atom stereocenters. The highest BCUT2D eigenvalue weighted by molar-refractivity contribution is 7.71. The van der Waals surface area contributed by atoms with Gasteiger partial charge in [0.25, 0.3) is 4.84 Å². The van der Waals surface area contributed by atoms with Gasteiger partial charge in [-0.1, -0.05) is 24.3 Å². The van der Waals surface area contributed by atoms with Gasteiger partial charge >= 0.3 is 0 Å². The molecule has 0 fully saturated rings. The van der Waals surface area contributed by atoms with Crippen molar-refractivity contribution in [3.8, 4) is 22.6 Å². The van der Waals surface area contributed by atoms with Crippen LogP contribution in [0.2, 0.25) is 0 Å². The van der Waals surface area contributed by atoms with Crippen LogP contribution in [0, 0.1) is 16.5 Å². The van der Waals surface area contributed by atoms with Gasteiger partial charge in [0.05, 0.1) is 11.3 Å². The highest BCUT2D eigenvalue weighted by Gasteiger charge is 2.18. The molecule has 0 saturated heterocycles. The van der Waals surface area contributed by atoms with Crippen molar-refractivity contribution in [3.05, 3.63) is 65.0 Å². The van der Waals surface area contributed by atoms with E-state index in [1.165, 1.54) is 12.1 Å². The Morgan fingerprint density at radius 2 is 1.40 bits per heavy atom. The molecular weight excluding hydrogens is 280 g/mol. The number of rotatable bonds is 2. The van der Waals surface area contributed by atoms with Crippen molar-refractivity contribution in [2.24, 2.45) is 0 Å². The number of hydrogen-bond acceptors (Lipinski definition) is 2. The molecule has 0 bridgehead atoms. The minimum atomic E-state index is -0.456. The van der Waals surface area contributed by atoms with Crippen LogP contribution < -0.4 is 0 Å². The van der Waals surface area contributed by atoms with Crippen LogP contribution in [0.3, 0.4) is 0 Å². The van der Waals surface area contributed by atoms with Gasteiger partial charge in [-0.3, -0.25) is 0 Å². The molecule has 2 nitrogen and oxygen atoms in total. The topological polar surface area (TPSA) is 28.9 Å². The summed E-state index contributed by atoms with van der Waals surface area (Å²) in [6.45, 7) is 0. The molecule has 0 amide bonds. The molecule has 1 aromatic heterocycles. The Bertz CT molecular complexity index is 756. The second-order valence-electron chi connectivity index (χ2n) is 4.18. The molecule has 0 unspecified atom stereocenters. The number of halogens is 2. The third kappa shape index (κ3) is 2.16. The average Bonchev–Trinajstić information content (AvgIpc) is 2.81. The van der Waals surface area contributed by atoms with Crippen molar-refractivity contribution in [1.82, 2.24) is 4.98 Å². The molecule has 20 heavy (non-hydrogen) atoms. The van der Waals surface area contributed by atoms with Crippen molar-refractivity contribution in [2.75, 3.05) is 0 Å². The number of hydrogen-bond donors (Lipinski definition) is 1. The van der Waals surface area contributed by atoms with E-state index in [0.717, 1.165) is 0 Å². The fourth-order valence-corrected chi connectivity index (χ4v) is 2.20. The Kier molecular flexibility index (Phi) is 3.20. The molecule has 100 valence electrons. The molecule has 2 aromatic carbocycles. The van der Waals surface area contributed by atoms with Gasteiger partial charge in [-0.15, -0.1) is 0 Å². The van der Waals surface area contributed by atoms with E-state index in [-0.39, 0.29) is 21.7 Å². The fourth-order valence-electron chi connectivity index (χ4n) is 2.02. The number of H-pyrrole nitrogens is 1. The van der Waals surface area contributed by atoms with Crippen LogP contribution in [0.25, 0.3) is 22.6 Å². The van der Waals surface area contributed by atoms with E-state index >= 15 is 0 Å². The Morgan fingerprint density at radius 3 is 2.00 bits per heavy atom. The van der Waals surface area contributed by atoms with Crippen LogP contribution in [0.1, 0.15) is 0 Å². The lowest BCUT2D eigenvalue weighted by molar-refractivity contribution is 0.546. The van der Waals surface area contributed by atoms with Gasteiger partial charge in [0.2, 0.25) is 0 Å². The molecule has 5 heteroatoms. The third-order valence-corrected chi connectivity index (χ3v) is 3.10. The van der Waals surface area contributed by atoms with Crippen LogP contribution in [-0.4, -0.2) is 4.98 Å². The first-order chi connectivity index (χ1) is 9.66. The Hall–Kier alpha value is -2.27. The first-order valence-corrected chi connectivity index (χ1v) is 6.30. The Balaban J connectivity index is 2.27. The smallest absolute Gasteiger partial charge is 0.266 e. The molecule has 0 aliphatic carbocycles. The lowest BCUT2D eigenvalue weighted by Gasteiger charge is -2.04. The highest BCUT2D eigenvalue weighted by Crippen LogP contribution is 2.34. The van der Waals surface area contributed by atoms with Gasteiger partial charge in [0.1, 0.15) is 11.6 Å². The predicted octanol–water partition coefficient (Wildman–Crippen LogP) is 4.95. The van der Waals surface area contributed by atoms with E-state index in [4.69, 9.17) is 16.6 Å². The summed E-state index contributed by atoms with van der Waals surface area (Å²) >= 11 is 4.94. The molecule has 0 saturated carbocycles.